The molecule has 0 aliphatic carbocycles. The Balaban J connectivity index is 1.75. The first kappa shape index (κ1) is 15.7. The van der Waals surface area contributed by atoms with E-state index in [9.17, 15) is 14.9 Å². The van der Waals surface area contributed by atoms with Gasteiger partial charge in [-0.25, -0.2) is 0 Å². The molecule has 1 atom stereocenters. The monoisotopic (exact) mass is 323 g/mol. The summed E-state index contributed by atoms with van der Waals surface area (Å²) in [5, 5.41) is 14.6. The Morgan fingerprint density at radius 3 is 2.54 bits per heavy atom. The summed E-state index contributed by atoms with van der Waals surface area (Å²) in [6.45, 7) is 1.85. The lowest BCUT2D eigenvalue weighted by molar-refractivity contribution is -0.384. The Morgan fingerprint density at radius 2 is 1.88 bits per heavy atom. The number of hydrogen-bond donors (Lipinski definition) is 1. The van der Waals surface area contributed by atoms with Crippen LogP contribution in [0, 0.1) is 10.1 Å². The number of rotatable bonds is 4. The van der Waals surface area contributed by atoms with Gasteiger partial charge in [0.05, 0.1) is 11.0 Å². The van der Waals surface area contributed by atoms with Crippen molar-refractivity contribution in [2.45, 2.75) is 13.0 Å². The second-order valence-corrected chi connectivity index (χ2v) is 5.74. The van der Waals surface area contributed by atoms with Crippen molar-refractivity contribution in [3.63, 3.8) is 0 Å². The molecule has 1 N–H and O–H groups in total. The molecular formula is C18H17N3O3. The highest BCUT2D eigenvalue weighted by Gasteiger charge is 2.13. The van der Waals surface area contributed by atoms with E-state index in [-0.39, 0.29) is 17.6 Å². The van der Waals surface area contributed by atoms with Gasteiger partial charge in [0.2, 0.25) is 0 Å². The summed E-state index contributed by atoms with van der Waals surface area (Å²) in [4.78, 5) is 22.7. The van der Waals surface area contributed by atoms with Gasteiger partial charge in [0.15, 0.2) is 0 Å². The highest BCUT2D eigenvalue weighted by molar-refractivity contribution is 5.98. The predicted molar refractivity (Wildman–Crippen MR) is 91.9 cm³/mol. The van der Waals surface area contributed by atoms with Gasteiger partial charge in [0, 0.05) is 41.8 Å². The molecule has 1 heterocycles. The third-order valence-electron chi connectivity index (χ3n) is 4.10. The van der Waals surface area contributed by atoms with Crippen LogP contribution in [0.4, 0.5) is 5.69 Å². The zero-order chi connectivity index (χ0) is 17.3. The normalized spacial score (nSPS) is 12.1. The van der Waals surface area contributed by atoms with Crippen molar-refractivity contribution in [1.29, 1.82) is 0 Å². The first-order chi connectivity index (χ1) is 11.5. The van der Waals surface area contributed by atoms with Crippen LogP contribution in [0.5, 0.6) is 0 Å². The Kier molecular flexibility index (Phi) is 4.04. The zero-order valence-electron chi connectivity index (χ0n) is 13.4. The lowest BCUT2D eigenvalue weighted by Crippen LogP contribution is -2.26. The maximum Gasteiger partial charge on any atom is 0.269 e. The fourth-order valence-corrected chi connectivity index (χ4v) is 2.67. The molecule has 0 aliphatic rings. The van der Waals surface area contributed by atoms with Crippen molar-refractivity contribution < 1.29 is 9.72 Å². The molecule has 6 heteroatoms. The summed E-state index contributed by atoms with van der Waals surface area (Å²) < 4.78 is 2.00. The summed E-state index contributed by atoms with van der Waals surface area (Å²) >= 11 is 0. The number of aryl methyl sites for hydroxylation is 1. The Bertz CT molecular complexity index is 913. The van der Waals surface area contributed by atoms with Crippen molar-refractivity contribution >= 4 is 22.5 Å². The third-order valence-corrected chi connectivity index (χ3v) is 4.10. The molecule has 1 aromatic heterocycles. The van der Waals surface area contributed by atoms with Gasteiger partial charge in [0.25, 0.3) is 11.6 Å². The van der Waals surface area contributed by atoms with Crippen molar-refractivity contribution in [3.8, 4) is 0 Å². The van der Waals surface area contributed by atoms with E-state index in [1.54, 1.807) is 18.2 Å². The van der Waals surface area contributed by atoms with Gasteiger partial charge in [0.1, 0.15) is 0 Å². The molecule has 122 valence electrons. The molecule has 0 saturated heterocycles. The van der Waals surface area contributed by atoms with Crippen LogP contribution in [-0.4, -0.2) is 15.4 Å². The van der Waals surface area contributed by atoms with Crippen LogP contribution in [0.2, 0.25) is 0 Å². The topological polar surface area (TPSA) is 77.2 Å². The number of nitrogens with zero attached hydrogens (tertiary/aromatic N) is 2. The SMILES string of the molecule is C[C@H](NC(=O)c1ccc2c(ccn2C)c1)c1ccc([N+](=O)[O-])cc1. The maximum absolute atomic E-state index is 12.4. The number of aromatic nitrogens is 1. The van der Waals surface area contributed by atoms with Gasteiger partial charge in [-0.3, -0.25) is 14.9 Å². The van der Waals surface area contributed by atoms with E-state index in [0.717, 1.165) is 16.5 Å². The molecule has 1 amide bonds. The minimum atomic E-state index is -0.442. The van der Waals surface area contributed by atoms with Crippen LogP contribution in [0.25, 0.3) is 10.9 Å². The van der Waals surface area contributed by atoms with E-state index in [4.69, 9.17) is 0 Å². The Morgan fingerprint density at radius 1 is 1.17 bits per heavy atom. The van der Waals surface area contributed by atoms with Gasteiger partial charge < -0.3 is 9.88 Å². The Hall–Kier alpha value is -3.15. The zero-order valence-corrected chi connectivity index (χ0v) is 13.4. The maximum atomic E-state index is 12.4. The quantitative estimate of drug-likeness (QED) is 0.589. The number of benzene rings is 2. The second kappa shape index (κ2) is 6.16. The molecule has 24 heavy (non-hydrogen) atoms. The highest BCUT2D eigenvalue weighted by Crippen LogP contribution is 2.20. The summed E-state index contributed by atoms with van der Waals surface area (Å²) in [5.74, 6) is -0.174. The van der Waals surface area contributed by atoms with Crippen LogP contribution in [0.15, 0.2) is 54.7 Å². The lowest BCUT2D eigenvalue weighted by Gasteiger charge is -2.14. The summed E-state index contributed by atoms with van der Waals surface area (Å²) in [6, 6.07) is 13.5. The van der Waals surface area contributed by atoms with E-state index >= 15 is 0 Å². The van der Waals surface area contributed by atoms with E-state index in [1.807, 2.05) is 42.9 Å². The highest BCUT2D eigenvalue weighted by atomic mass is 16.6. The molecule has 3 rings (SSSR count). The number of amides is 1. The standard InChI is InChI=1S/C18H17N3O3/c1-12(13-3-6-16(7-4-13)21(23)24)19-18(22)15-5-8-17-14(11-15)9-10-20(17)2/h3-12H,1-2H3,(H,19,22)/t12-/m0/s1. The molecule has 0 unspecified atom stereocenters. The van der Waals surface area contributed by atoms with E-state index in [1.165, 1.54) is 12.1 Å². The molecule has 0 spiro atoms. The van der Waals surface area contributed by atoms with Gasteiger partial charge in [-0.1, -0.05) is 12.1 Å². The number of hydrogen-bond acceptors (Lipinski definition) is 3. The Labute approximate surface area is 138 Å². The van der Waals surface area contributed by atoms with Crippen molar-refractivity contribution in [2.24, 2.45) is 7.05 Å². The molecule has 2 aromatic carbocycles. The molecule has 0 aliphatic heterocycles. The van der Waals surface area contributed by atoms with Crippen LogP contribution in [0.3, 0.4) is 0 Å². The number of nitrogens with one attached hydrogen (secondary N) is 1. The minimum Gasteiger partial charge on any atom is -0.351 e. The van der Waals surface area contributed by atoms with Crippen LogP contribution < -0.4 is 5.32 Å². The van der Waals surface area contributed by atoms with Crippen LogP contribution in [0.1, 0.15) is 28.9 Å². The summed E-state index contributed by atoms with van der Waals surface area (Å²) in [6.07, 6.45) is 1.95. The van der Waals surface area contributed by atoms with Gasteiger partial charge in [-0.05, 0) is 36.8 Å². The van der Waals surface area contributed by atoms with E-state index in [2.05, 4.69) is 5.32 Å². The summed E-state index contributed by atoms with van der Waals surface area (Å²) in [5.41, 5.74) is 2.50. The first-order valence-corrected chi connectivity index (χ1v) is 7.56. The van der Waals surface area contributed by atoms with Crippen molar-refractivity contribution in [3.05, 3.63) is 76.0 Å². The largest absolute Gasteiger partial charge is 0.351 e. The average molecular weight is 323 g/mol. The molecule has 0 bridgehead atoms. The molecule has 0 fully saturated rings. The number of carbonyl (C=O) groups excluding carboxylic acids is 1. The number of non-ortho nitro benzene ring substituents is 1. The molecule has 3 aromatic rings. The van der Waals surface area contributed by atoms with E-state index < -0.39 is 4.92 Å². The van der Waals surface area contributed by atoms with Gasteiger partial charge >= 0.3 is 0 Å². The molecule has 0 saturated carbocycles. The molecule has 6 nitrogen and oxygen atoms in total. The number of carbonyl (C=O) groups is 1. The fraction of sp³-hybridized carbons (Fsp3) is 0.167. The predicted octanol–water partition coefficient (Wildman–Crippen LogP) is 3.58. The average Bonchev–Trinajstić information content (AvgIpc) is 2.95. The smallest absolute Gasteiger partial charge is 0.269 e. The van der Waals surface area contributed by atoms with Crippen LogP contribution in [-0.2, 0) is 7.05 Å². The summed E-state index contributed by atoms with van der Waals surface area (Å²) in [7, 11) is 1.96. The van der Waals surface area contributed by atoms with Crippen molar-refractivity contribution in [1.82, 2.24) is 9.88 Å². The van der Waals surface area contributed by atoms with Crippen molar-refractivity contribution in [2.75, 3.05) is 0 Å². The minimum absolute atomic E-state index is 0.0341. The molecular weight excluding hydrogens is 306 g/mol. The lowest BCUT2D eigenvalue weighted by atomic mass is 10.1. The number of nitro groups is 1. The van der Waals surface area contributed by atoms with Gasteiger partial charge in [-0.2, -0.15) is 0 Å². The second-order valence-electron chi connectivity index (χ2n) is 5.74. The first-order valence-electron chi connectivity index (χ1n) is 7.56. The van der Waals surface area contributed by atoms with Crippen LogP contribution >= 0.6 is 0 Å². The number of fused-ring (bicyclic) bond motifs is 1. The molecule has 0 radical (unpaired) electrons. The third kappa shape index (κ3) is 2.99. The van der Waals surface area contributed by atoms with E-state index in [0.29, 0.717) is 5.56 Å². The number of nitro benzene ring substituents is 1. The van der Waals surface area contributed by atoms with Gasteiger partial charge in [-0.15, -0.1) is 0 Å². The fourth-order valence-electron chi connectivity index (χ4n) is 2.67.